The smallest absolute Gasteiger partial charge is 0.224 e. The van der Waals surface area contributed by atoms with E-state index in [1.54, 1.807) is 0 Å². The van der Waals surface area contributed by atoms with Crippen molar-refractivity contribution in [2.24, 2.45) is 7.05 Å². The van der Waals surface area contributed by atoms with Crippen molar-refractivity contribution in [2.45, 2.75) is 73.1 Å². The SMILES string of the molecule is Cc1ccc2c(c1)c1ccc(C)c3c1n2c1cc(-c2c(C(C)C)cc(C(C)C)cc2C(C)C)cc2cc[n+](C)c3c21. The van der Waals surface area contributed by atoms with Crippen molar-refractivity contribution in [3.05, 3.63) is 94.7 Å². The van der Waals surface area contributed by atoms with Gasteiger partial charge in [-0.3, -0.25) is 0 Å². The van der Waals surface area contributed by atoms with Gasteiger partial charge in [-0.1, -0.05) is 77.4 Å². The predicted octanol–water partition coefficient (Wildman–Crippen LogP) is 10.5. The first-order valence-corrected chi connectivity index (χ1v) is 15.3. The van der Waals surface area contributed by atoms with E-state index in [0.717, 1.165) is 0 Å². The molecular formula is C39H41N2+. The molecule has 0 saturated carbocycles. The second-order valence-electron chi connectivity index (χ2n) is 13.3. The summed E-state index contributed by atoms with van der Waals surface area (Å²) in [5.74, 6) is 1.37. The Morgan fingerprint density at radius 1 is 0.659 bits per heavy atom. The van der Waals surface area contributed by atoms with Crippen LogP contribution in [0, 0.1) is 13.8 Å². The lowest BCUT2D eigenvalue weighted by molar-refractivity contribution is -0.643. The number of pyridine rings is 2. The standard InChI is InChI=1S/C39H41N2/c1-21(2)27-18-30(22(3)4)36(31(19-27)23(5)6)28-17-26-14-15-40(9)39-35-25(8)11-12-29-32-16-24(7)10-13-33(32)41(38(29)35)34(20-28)37(26)39/h10-23H,1-9H3/q+1. The first kappa shape index (κ1) is 26.0. The minimum absolute atomic E-state index is 0.433. The van der Waals surface area contributed by atoms with E-state index in [9.17, 15) is 0 Å². The number of benzene rings is 4. The van der Waals surface area contributed by atoms with E-state index in [1.165, 1.54) is 87.9 Å². The van der Waals surface area contributed by atoms with Crippen LogP contribution >= 0.6 is 0 Å². The molecule has 3 heterocycles. The number of aryl methyl sites for hydroxylation is 3. The molecule has 7 aromatic rings. The van der Waals surface area contributed by atoms with E-state index in [0.29, 0.717) is 17.8 Å². The van der Waals surface area contributed by atoms with E-state index < -0.39 is 0 Å². The molecule has 0 aliphatic rings. The molecule has 0 unspecified atom stereocenters. The summed E-state index contributed by atoms with van der Waals surface area (Å²) in [4.78, 5) is 0. The molecule has 41 heavy (non-hydrogen) atoms. The van der Waals surface area contributed by atoms with Crippen LogP contribution in [0.25, 0.3) is 60.1 Å². The van der Waals surface area contributed by atoms with Crippen LogP contribution in [0.15, 0.2) is 66.9 Å². The highest BCUT2D eigenvalue weighted by molar-refractivity contribution is 6.26. The average Bonchev–Trinajstić information content (AvgIpc) is 3.26. The molecule has 0 aliphatic heterocycles. The molecule has 2 heteroatoms. The summed E-state index contributed by atoms with van der Waals surface area (Å²) in [6.07, 6.45) is 2.25. The molecule has 0 bridgehead atoms. The molecule has 0 amide bonds. The fraction of sp³-hybridized carbons (Fsp3) is 0.308. The Kier molecular flexibility index (Phi) is 5.74. The molecule has 0 saturated heterocycles. The topological polar surface area (TPSA) is 8.29 Å². The number of hydrogen-bond donors (Lipinski definition) is 0. The van der Waals surface area contributed by atoms with Crippen LogP contribution in [0.1, 0.15) is 87.1 Å². The first-order valence-electron chi connectivity index (χ1n) is 15.3. The summed E-state index contributed by atoms with van der Waals surface area (Å²) < 4.78 is 4.90. The second kappa shape index (κ2) is 9.05. The zero-order valence-electron chi connectivity index (χ0n) is 26.0. The monoisotopic (exact) mass is 537 g/mol. The Morgan fingerprint density at radius 3 is 2.02 bits per heavy atom. The molecule has 2 nitrogen and oxygen atoms in total. The number of rotatable bonds is 4. The summed E-state index contributed by atoms with van der Waals surface area (Å²) in [6, 6.07) is 23.8. The zero-order valence-corrected chi connectivity index (χ0v) is 26.0. The Hall–Kier alpha value is -3.91. The van der Waals surface area contributed by atoms with E-state index in [2.05, 4.69) is 138 Å². The van der Waals surface area contributed by atoms with Crippen molar-refractivity contribution in [1.82, 2.24) is 4.40 Å². The third-order valence-electron chi connectivity index (χ3n) is 9.41. The van der Waals surface area contributed by atoms with Gasteiger partial charge in [0, 0.05) is 16.8 Å². The predicted molar refractivity (Wildman–Crippen MR) is 177 cm³/mol. The maximum Gasteiger partial charge on any atom is 0.224 e. The molecule has 206 valence electrons. The number of hydrogen-bond acceptors (Lipinski definition) is 0. The fourth-order valence-electron chi connectivity index (χ4n) is 7.26. The van der Waals surface area contributed by atoms with Gasteiger partial charge in [0.15, 0.2) is 6.20 Å². The van der Waals surface area contributed by atoms with Gasteiger partial charge in [0.05, 0.1) is 27.3 Å². The number of aromatic nitrogens is 2. The lowest BCUT2D eigenvalue weighted by Crippen LogP contribution is -2.28. The molecule has 4 aromatic carbocycles. The summed E-state index contributed by atoms with van der Waals surface area (Å²) in [5.41, 5.74) is 15.0. The van der Waals surface area contributed by atoms with Crippen molar-refractivity contribution in [3.63, 3.8) is 0 Å². The van der Waals surface area contributed by atoms with Gasteiger partial charge < -0.3 is 4.40 Å². The van der Waals surface area contributed by atoms with Crippen molar-refractivity contribution < 1.29 is 4.57 Å². The van der Waals surface area contributed by atoms with Crippen molar-refractivity contribution >= 4 is 49.0 Å². The second-order valence-corrected chi connectivity index (χ2v) is 13.3. The van der Waals surface area contributed by atoms with Gasteiger partial charge in [-0.25, -0.2) is 4.57 Å². The Morgan fingerprint density at radius 2 is 1.37 bits per heavy atom. The van der Waals surface area contributed by atoms with Crippen LogP contribution in [-0.2, 0) is 7.05 Å². The largest absolute Gasteiger partial charge is 0.307 e. The molecule has 0 radical (unpaired) electrons. The molecule has 0 fully saturated rings. The minimum Gasteiger partial charge on any atom is -0.307 e. The molecule has 0 aliphatic carbocycles. The minimum atomic E-state index is 0.433. The normalized spacial score (nSPS) is 12.7. The van der Waals surface area contributed by atoms with Crippen molar-refractivity contribution in [2.75, 3.05) is 0 Å². The van der Waals surface area contributed by atoms with E-state index in [1.807, 2.05) is 0 Å². The van der Waals surface area contributed by atoms with E-state index in [-0.39, 0.29) is 0 Å². The zero-order chi connectivity index (χ0) is 28.9. The first-order chi connectivity index (χ1) is 19.6. The summed E-state index contributed by atoms with van der Waals surface area (Å²) in [7, 11) is 2.20. The van der Waals surface area contributed by atoms with E-state index in [4.69, 9.17) is 0 Å². The fourth-order valence-corrected chi connectivity index (χ4v) is 7.26. The molecule has 0 atom stereocenters. The lowest BCUT2D eigenvalue weighted by atomic mass is 9.81. The third kappa shape index (κ3) is 3.66. The molecule has 3 aromatic heterocycles. The Balaban J connectivity index is 1.74. The van der Waals surface area contributed by atoms with Gasteiger partial charge in [0.25, 0.3) is 0 Å². The van der Waals surface area contributed by atoms with Crippen molar-refractivity contribution in [1.29, 1.82) is 0 Å². The molecule has 0 spiro atoms. The number of nitrogens with zero attached hydrogens (tertiary/aromatic N) is 2. The third-order valence-corrected chi connectivity index (χ3v) is 9.41. The number of fused-ring (bicyclic) bond motifs is 5. The maximum absolute atomic E-state index is 2.57. The van der Waals surface area contributed by atoms with Gasteiger partial charge in [0.1, 0.15) is 7.05 Å². The van der Waals surface area contributed by atoms with E-state index >= 15 is 0 Å². The molecular weight excluding hydrogens is 496 g/mol. The van der Waals surface area contributed by atoms with Crippen LogP contribution in [0.2, 0.25) is 0 Å². The van der Waals surface area contributed by atoms with Gasteiger partial charge in [-0.05, 0) is 94.6 Å². The van der Waals surface area contributed by atoms with Crippen LogP contribution in [0.5, 0.6) is 0 Å². The van der Waals surface area contributed by atoms with Crippen LogP contribution in [0.4, 0.5) is 0 Å². The lowest BCUT2D eigenvalue weighted by Gasteiger charge is -2.24. The van der Waals surface area contributed by atoms with Crippen LogP contribution < -0.4 is 4.57 Å². The summed E-state index contributed by atoms with van der Waals surface area (Å²) in [6.45, 7) is 18.5. The van der Waals surface area contributed by atoms with Gasteiger partial charge in [0.2, 0.25) is 5.52 Å². The highest BCUT2D eigenvalue weighted by Crippen LogP contribution is 2.44. The Labute approximate surface area is 243 Å². The highest BCUT2D eigenvalue weighted by Gasteiger charge is 2.26. The highest BCUT2D eigenvalue weighted by atomic mass is 15.0. The summed E-state index contributed by atoms with van der Waals surface area (Å²) in [5, 5.41) is 6.68. The summed E-state index contributed by atoms with van der Waals surface area (Å²) >= 11 is 0. The molecule has 7 rings (SSSR count). The quantitative estimate of drug-likeness (QED) is 0.120. The van der Waals surface area contributed by atoms with Gasteiger partial charge in [-0.2, -0.15) is 0 Å². The average molecular weight is 538 g/mol. The van der Waals surface area contributed by atoms with Crippen LogP contribution in [-0.4, -0.2) is 4.40 Å². The van der Waals surface area contributed by atoms with Crippen LogP contribution in [0.3, 0.4) is 0 Å². The maximum atomic E-state index is 2.57. The van der Waals surface area contributed by atoms with Gasteiger partial charge in [-0.15, -0.1) is 0 Å². The Bertz CT molecular complexity index is 2120. The van der Waals surface area contributed by atoms with Gasteiger partial charge >= 0.3 is 0 Å². The van der Waals surface area contributed by atoms with Crippen molar-refractivity contribution in [3.8, 4) is 11.1 Å². The molecule has 0 N–H and O–H groups in total.